The van der Waals surface area contributed by atoms with Gasteiger partial charge in [-0.05, 0) is 12.1 Å². The van der Waals surface area contributed by atoms with Crippen molar-refractivity contribution in [1.29, 1.82) is 0 Å². The van der Waals surface area contributed by atoms with Crippen LogP contribution in [0.25, 0.3) is 0 Å². The average Bonchev–Trinajstić information content (AvgIpc) is 1.90. The number of hydrogen-bond donors (Lipinski definition) is 1. The zero-order valence-corrected chi connectivity index (χ0v) is 11.4. The molecule has 11 heavy (non-hydrogen) atoms. The van der Waals surface area contributed by atoms with Crippen molar-refractivity contribution in [3.8, 4) is 5.75 Å². The summed E-state index contributed by atoms with van der Waals surface area (Å²) in [5, 5.41) is 8.83. The first kappa shape index (κ1) is 13.9. The zero-order chi connectivity index (χ0) is 6.69. The van der Waals surface area contributed by atoms with E-state index in [1.165, 1.54) is 0 Å². The largest absolute Gasteiger partial charge is 2.00 e. The van der Waals surface area contributed by atoms with Gasteiger partial charge in [0.15, 0.2) is 0 Å². The SMILES string of the molecule is [CH2-]Cc1ccc(O)cc1.[I-].[Zn+2]. The molecule has 1 aromatic rings. The molecule has 0 aliphatic heterocycles. The third-order valence-electron chi connectivity index (χ3n) is 1.23. The monoisotopic (exact) mass is 312 g/mol. The second-order valence-electron chi connectivity index (χ2n) is 1.92. The van der Waals surface area contributed by atoms with E-state index in [0.29, 0.717) is 5.75 Å². The third kappa shape index (κ3) is 4.75. The van der Waals surface area contributed by atoms with E-state index in [9.17, 15) is 0 Å². The minimum absolute atomic E-state index is 0. The molecule has 0 atom stereocenters. The maximum absolute atomic E-state index is 8.83. The Bertz CT molecular complexity index is 186. The standard InChI is InChI=1S/C8H9O.HI.Zn/c1-2-7-3-5-8(9)6-4-7;;/h3-6,9H,1-2H2;1H;/q-1;;+2/p-1. The van der Waals surface area contributed by atoms with E-state index in [4.69, 9.17) is 5.11 Å². The molecule has 56 valence electrons. The Hall–Kier alpha value is 0.373. The molecule has 0 amide bonds. The predicted octanol–water partition coefficient (Wildman–Crippen LogP) is -1.23. The van der Waals surface area contributed by atoms with Gasteiger partial charge in [0, 0.05) is 0 Å². The van der Waals surface area contributed by atoms with Crippen molar-refractivity contribution in [1.82, 2.24) is 0 Å². The van der Waals surface area contributed by atoms with Crippen LogP contribution >= 0.6 is 0 Å². The van der Waals surface area contributed by atoms with Gasteiger partial charge in [0.2, 0.25) is 0 Å². The van der Waals surface area contributed by atoms with Crippen LogP contribution in [0.2, 0.25) is 0 Å². The molecule has 0 unspecified atom stereocenters. The summed E-state index contributed by atoms with van der Waals surface area (Å²) in [6.45, 7) is 3.70. The first-order valence-corrected chi connectivity index (χ1v) is 2.90. The smallest absolute Gasteiger partial charge is 1.00 e. The molecule has 1 rings (SSSR count). The summed E-state index contributed by atoms with van der Waals surface area (Å²) in [7, 11) is 0. The number of phenols is 1. The Morgan fingerprint density at radius 1 is 1.18 bits per heavy atom. The Morgan fingerprint density at radius 2 is 1.64 bits per heavy atom. The van der Waals surface area contributed by atoms with Gasteiger partial charge in [-0.2, -0.15) is 6.42 Å². The van der Waals surface area contributed by atoms with Crippen molar-refractivity contribution >= 4 is 0 Å². The zero-order valence-electron chi connectivity index (χ0n) is 6.26. The van der Waals surface area contributed by atoms with Gasteiger partial charge in [-0.3, -0.25) is 0 Å². The molecule has 0 saturated carbocycles. The van der Waals surface area contributed by atoms with Gasteiger partial charge in [-0.15, -0.1) is 0 Å². The number of phenolic OH excluding ortho intramolecular Hbond substituents is 1. The molecule has 0 aliphatic carbocycles. The number of benzene rings is 1. The van der Waals surface area contributed by atoms with Crippen molar-refractivity contribution in [3.05, 3.63) is 36.8 Å². The fraction of sp³-hybridized carbons (Fsp3) is 0.125. The van der Waals surface area contributed by atoms with Crippen molar-refractivity contribution < 1.29 is 48.6 Å². The summed E-state index contributed by atoms with van der Waals surface area (Å²) in [6, 6.07) is 7.06. The van der Waals surface area contributed by atoms with Gasteiger partial charge >= 0.3 is 19.5 Å². The van der Waals surface area contributed by atoms with Crippen molar-refractivity contribution in [3.63, 3.8) is 0 Å². The minimum Gasteiger partial charge on any atom is -1.00 e. The molecule has 1 N–H and O–H groups in total. The number of halogens is 1. The van der Waals surface area contributed by atoms with E-state index in [2.05, 4.69) is 6.92 Å². The van der Waals surface area contributed by atoms with E-state index in [1.54, 1.807) is 12.1 Å². The Kier molecular flexibility index (Phi) is 8.92. The van der Waals surface area contributed by atoms with Crippen molar-refractivity contribution in [2.75, 3.05) is 0 Å². The van der Waals surface area contributed by atoms with Gasteiger partial charge in [0.25, 0.3) is 0 Å². The quantitative estimate of drug-likeness (QED) is 0.391. The van der Waals surface area contributed by atoms with Crippen LogP contribution in [0.3, 0.4) is 0 Å². The molecule has 0 spiro atoms. The van der Waals surface area contributed by atoms with Crippen LogP contribution in [0.4, 0.5) is 0 Å². The van der Waals surface area contributed by atoms with Crippen LogP contribution in [0.1, 0.15) is 5.56 Å². The van der Waals surface area contributed by atoms with Gasteiger partial charge in [-0.25, -0.2) is 0 Å². The van der Waals surface area contributed by atoms with E-state index in [0.717, 1.165) is 12.0 Å². The first-order valence-electron chi connectivity index (χ1n) is 2.90. The normalized spacial score (nSPS) is 7.73. The average molecular weight is 313 g/mol. The van der Waals surface area contributed by atoms with Gasteiger partial charge in [0.05, 0.1) is 0 Å². The van der Waals surface area contributed by atoms with Crippen molar-refractivity contribution in [2.24, 2.45) is 0 Å². The fourth-order valence-corrected chi connectivity index (χ4v) is 0.663. The predicted molar refractivity (Wildman–Crippen MR) is 37.2 cm³/mol. The molecule has 0 aliphatic rings. The Morgan fingerprint density at radius 3 is 2.00 bits per heavy atom. The summed E-state index contributed by atoms with van der Waals surface area (Å²) >= 11 is 0. The number of rotatable bonds is 1. The number of hydrogen-bond acceptors (Lipinski definition) is 1. The molecule has 0 bridgehead atoms. The molecule has 0 radical (unpaired) electrons. The minimum atomic E-state index is 0. The van der Waals surface area contributed by atoms with E-state index in [1.807, 2.05) is 12.1 Å². The molecule has 0 aromatic heterocycles. The van der Waals surface area contributed by atoms with E-state index in [-0.39, 0.29) is 43.5 Å². The molecular weight excluding hydrogens is 304 g/mol. The topological polar surface area (TPSA) is 20.2 Å². The molecular formula is C8H9IOZn. The maximum Gasteiger partial charge on any atom is 2.00 e. The molecule has 0 heterocycles. The third-order valence-corrected chi connectivity index (χ3v) is 1.23. The molecule has 1 nitrogen and oxygen atoms in total. The first-order chi connectivity index (χ1) is 4.33. The molecule has 1 aromatic carbocycles. The molecule has 0 fully saturated rings. The summed E-state index contributed by atoms with van der Waals surface area (Å²) in [6.07, 6.45) is 0.778. The fourth-order valence-electron chi connectivity index (χ4n) is 0.663. The van der Waals surface area contributed by atoms with E-state index >= 15 is 0 Å². The van der Waals surface area contributed by atoms with E-state index < -0.39 is 0 Å². The maximum atomic E-state index is 8.83. The van der Waals surface area contributed by atoms with Crippen LogP contribution in [0, 0.1) is 6.92 Å². The van der Waals surface area contributed by atoms with Crippen LogP contribution in [-0.4, -0.2) is 5.11 Å². The van der Waals surface area contributed by atoms with Crippen molar-refractivity contribution in [2.45, 2.75) is 6.42 Å². The second-order valence-corrected chi connectivity index (χ2v) is 1.92. The number of aromatic hydroxyl groups is 1. The van der Waals surface area contributed by atoms with Gasteiger partial charge < -0.3 is 36.0 Å². The summed E-state index contributed by atoms with van der Waals surface area (Å²) in [5.74, 6) is 0.312. The Labute approximate surface area is 97.0 Å². The molecule has 0 saturated heterocycles. The summed E-state index contributed by atoms with van der Waals surface area (Å²) in [5.41, 5.74) is 1.15. The molecule has 3 heteroatoms. The van der Waals surface area contributed by atoms with Crippen LogP contribution in [-0.2, 0) is 25.9 Å². The Balaban J connectivity index is 0. The summed E-state index contributed by atoms with van der Waals surface area (Å²) in [4.78, 5) is 0. The summed E-state index contributed by atoms with van der Waals surface area (Å²) < 4.78 is 0. The van der Waals surface area contributed by atoms with Gasteiger partial charge in [0.1, 0.15) is 5.75 Å². The van der Waals surface area contributed by atoms with Crippen LogP contribution in [0.15, 0.2) is 24.3 Å². The second kappa shape index (κ2) is 7.05. The van der Waals surface area contributed by atoms with Crippen LogP contribution in [0.5, 0.6) is 5.75 Å². The van der Waals surface area contributed by atoms with Crippen LogP contribution < -0.4 is 24.0 Å². The van der Waals surface area contributed by atoms with Gasteiger partial charge in [-0.1, -0.05) is 17.7 Å².